The minimum absolute atomic E-state index is 0.230. The Balaban J connectivity index is 1.72. The van der Waals surface area contributed by atoms with Crippen molar-refractivity contribution in [1.29, 1.82) is 0 Å². The minimum Gasteiger partial charge on any atom is -0.444 e. The molecule has 0 amide bonds. The number of hydrogen-bond donors (Lipinski definition) is 0. The summed E-state index contributed by atoms with van der Waals surface area (Å²) in [5.41, 5.74) is 17.0. The van der Waals surface area contributed by atoms with E-state index in [1.807, 2.05) is 0 Å². The average molecular weight is 994 g/mol. The Hall–Kier alpha value is -3.74. The molecule has 0 atom stereocenters. The summed E-state index contributed by atoms with van der Waals surface area (Å²) >= 11 is 13.6. The van der Waals surface area contributed by atoms with Gasteiger partial charge in [0.05, 0.1) is 16.1 Å². The van der Waals surface area contributed by atoms with E-state index in [-0.39, 0.29) is 10.8 Å². The first kappa shape index (κ1) is 50.1. The molecule has 0 N–H and O–H groups in total. The summed E-state index contributed by atoms with van der Waals surface area (Å²) in [6, 6.07) is 31.3. The van der Waals surface area contributed by atoms with Gasteiger partial charge in [-0.25, -0.2) is 0 Å². The van der Waals surface area contributed by atoms with Crippen LogP contribution in [0.25, 0.3) is 55.3 Å². The van der Waals surface area contributed by atoms with Crippen molar-refractivity contribution in [2.24, 2.45) is 0 Å². The number of rotatable bonds is 9. The highest BCUT2D eigenvalue weighted by Crippen LogP contribution is 2.53. The van der Waals surface area contributed by atoms with Crippen LogP contribution in [0.4, 0.5) is 0 Å². The Morgan fingerprint density at radius 2 is 0.879 bits per heavy atom. The SMILES string of the molecule is Cc1cc(C)c(-c2cc(-c3cc(-c4c(C)cc(C)cc4C)cc([Si](C)(C)C)c3Op3oc4c(C(C)(C)C)cccc4c4cccc(C(C)(C)C)c4o3)c(OP(Cl)Cl)c([Si](C)(C)C)c2)c(C)c1. The van der Waals surface area contributed by atoms with Crippen molar-refractivity contribution in [1.82, 2.24) is 0 Å². The van der Waals surface area contributed by atoms with Gasteiger partial charge in [-0.05, 0) is 142 Å². The first-order valence-corrected chi connectivity index (χ1v) is 34.2. The predicted octanol–water partition coefficient (Wildman–Crippen LogP) is 18.8. The zero-order chi connectivity index (χ0) is 48.6. The molecule has 66 heavy (non-hydrogen) atoms. The Bertz CT molecular complexity index is 2950. The maximum atomic E-state index is 7.64. The van der Waals surface area contributed by atoms with Gasteiger partial charge in [-0.3, -0.25) is 0 Å². The van der Waals surface area contributed by atoms with Gasteiger partial charge in [0.15, 0.2) is 0 Å². The molecule has 10 heteroatoms. The maximum absolute atomic E-state index is 7.64. The Kier molecular flexibility index (Phi) is 13.9. The van der Waals surface area contributed by atoms with Crippen LogP contribution in [0.2, 0.25) is 39.3 Å². The molecule has 0 fully saturated rings. The fourth-order valence-electron chi connectivity index (χ4n) is 9.75. The molecular weight excluding hydrogens is 926 g/mol. The molecule has 0 unspecified atom stereocenters. The number of aryl methyl sites for hydroxylation is 6. The minimum atomic E-state index is -2.28. The van der Waals surface area contributed by atoms with Gasteiger partial charge >= 0.3 is 8.24 Å². The van der Waals surface area contributed by atoms with Crippen molar-refractivity contribution < 1.29 is 17.4 Å². The lowest BCUT2D eigenvalue weighted by molar-refractivity contribution is 0.491. The lowest BCUT2D eigenvalue weighted by Crippen LogP contribution is -2.39. The first-order valence-electron chi connectivity index (χ1n) is 23.0. The highest BCUT2D eigenvalue weighted by atomic mass is 35.9. The van der Waals surface area contributed by atoms with Crippen molar-refractivity contribution in [2.75, 3.05) is 0 Å². The van der Waals surface area contributed by atoms with Gasteiger partial charge in [0.2, 0.25) is 0 Å². The van der Waals surface area contributed by atoms with Crippen LogP contribution in [0.3, 0.4) is 0 Å². The molecule has 0 aliphatic heterocycles. The molecular formula is C56H68Cl2O4P2Si2. The lowest BCUT2D eigenvalue weighted by atomic mass is 9.84. The van der Waals surface area contributed by atoms with Crippen molar-refractivity contribution in [3.8, 4) is 44.9 Å². The molecule has 7 rings (SSSR count). The third-order valence-corrected chi connectivity index (χ3v) is 18.3. The van der Waals surface area contributed by atoms with Gasteiger partial charge in [-0.1, -0.05) is 165 Å². The van der Waals surface area contributed by atoms with Gasteiger partial charge < -0.3 is 17.4 Å². The maximum Gasteiger partial charge on any atom is 0.453 e. The molecule has 348 valence electrons. The molecule has 7 aromatic rings. The Morgan fingerprint density at radius 3 is 1.23 bits per heavy atom. The molecule has 1 aromatic heterocycles. The summed E-state index contributed by atoms with van der Waals surface area (Å²) in [7, 11) is -6.56. The fraction of sp³-hybridized carbons (Fsp3) is 0.357. The van der Waals surface area contributed by atoms with E-state index < -0.39 is 31.2 Å². The van der Waals surface area contributed by atoms with E-state index in [4.69, 9.17) is 39.9 Å². The topological polar surface area (TPSA) is 44.7 Å². The summed E-state index contributed by atoms with van der Waals surface area (Å²) < 4.78 is 28.9. The molecule has 0 radical (unpaired) electrons. The van der Waals surface area contributed by atoms with Gasteiger partial charge in [0.25, 0.3) is 6.85 Å². The van der Waals surface area contributed by atoms with Crippen LogP contribution in [0, 0.1) is 41.5 Å². The largest absolute Gasteiger partial charge is 0.453 e. The second-order valence-corrected chi connectivity index (χ2v) is 36.5. The van der Waals surface area contributed by atoms with E-state index in [2.05, 4.69) is 207 Å². The van der Waals surface area contributed by atoms with E-state index in [1.165, 1.54) is 44.5 Å². The summed E-state index contributed by atoms with van der Waals surface area (Å²) in [5.74, 6) is 1.43. The highest BCUT2D eigenvalue weighted by molar-refractivity contribution is 8.00. The third-order valence-electron chi connectivity index (χ3n) is 12.6. The molecule has 6 aromatic carbocycles. The molecule has 0 aliphatic rings. The van der Waals surface area contributed by atoms with Gasteiger partial charge in [-0.15, -0.1) is 0 Å². The smallest absolute Gasteiger partial charge is 0.444 e. The van der Waals surface area contributed by atoms with Crippen molar-refractivity contribution in [2.45, 2.75) is 133 Å². The summed E-state index contributed by atoms with van der Waals surface area (Å²) in [5, 5.41) is 4.27. The van der Waals surface area contributed by atoms with Crippen molar-refractivity contribution in [3.05, 3.63) is 129 Å². The van der Waals surface area contributed by atoms with Crippen LogP contribution in [-0.2, 0) is 10.8 Å². The molecule has 4 nitrogen and oxygen atoms in total. The summed E-state index contributed by atoms with van der Waals surface area (Å²) in [6.07, 6.45) is 0. The number of fused-ring (bicyclic) bond motifs is 3. The second-order valence-electron chi connectivity index (χ2n) is 22.5. The van der Waals surface area contributed by atoms with E-state index in [0.29, 0.717) is 5.75 Å². The van der Waals surface area contributed by atoms with Crippen LogP contribution in [-0.4, -0.2) is 16.1 Å². The molecule has 1 heterocycles. The average Bonchev–Trinajstić information content (AvgIpc) is 3.32. The number of hydrogen-bond acceptors (Lipinski definition) is 4. The number of halogens is 2. The standard InChI is InChI=1S/C56H68Cl2O4P2Si2/c1-33-25-35(3)49(36(4)26-33)39-29-43(53(59-63(57)58)47(31-39)65(13,14)15)44-30-40(50-37(5)27-34(2)28-38(50)6)32-48(66(16,17)18)54(44)62-64-60-51-41(21-19-23-45(51)55(7,8)9)42-22-20-24-46(52(42)61-64)56(10,11)12/h19-32H,1-18H3. The number of para-hydroxylation sites is 2. The normalized spacial score (nSPS) is 12.7. The Morgan fingerprint density at radius 1 is 0.515 bits per heavy atom. The molecule has 0 spiro atoms. The van der Waals surface area contributed by atoms with Gasteiger partial charge in [0, 0.05) is 33.0 Å². The molecule has 0 saturated heterocycles. The van der Waals surface area contributed by atoms with E-state index in [1.54, 1.807) is 0 Å². The predicted molar refractivity (Wildman–Crippen MR) is 296 cm³/mol. The highest BCUT2D eigenvalue weighted by Gasteiger charge is 2.33. The zero-order valence-electron chi connectivity index (χ0n) is 42.4. The summed E-state index contributed by atoms with van der Waals surface area (Å²) in [6.45, 7) is 38.9. The number of benzene rings is 6. The van der Waals surface area contributed by atoms with Crippen LogP contribution < -0.4 is 19.4 Å². The second kappa shape index (κ2) is 18.3. The van der Waals surface area contributed by atoms with Crippen LogP contribution in [0.5, 0.6) is 11.5 Å². The van der Waals surface area contributed by atoms with Crippen molar-refractivity contribution in [3.63, 3.8) is 0 Å². The van der Waals surface area contributed by atoms with E-state index in [0.717, 1.165) is 71.4 Å². The fourth-order valence-corrected chi connectivity index (χ4v) is 14.7. The summed E-state index contributed by atoms with van der Waals surface area (Å²) in [4.78, 5) is 0. The lowest BCUT2D eigenvalue weighted by Gasteiger charge is -2.29. The van der Waals surface area contributed by atoms with Gasteiger partial charge in [0.1, 0.15) is 22.7 Å². The van der Waals surface area contributed by atoms with E-state index in [9.17, 15) is 0 Å². The molecule has 0 saturated carbocycles. The van der Waals surface area contributed by atoms with Crippen LogP contribution in [0.15, 0.2) is 93.3 Å². The van der Waals surface area contributed by atoms with E-state index >= 15 is 0 Å². The molecule has 0 bridgehead atoms. The van der Waals surface area contributed by atoms with Crippen LogP contribution in [0.1, 0.15) is 86.1 Å². The molecule has 0 aliphatic carbocycles. The van der Waals surface area contributed by atoms with Crippen molar-refractivity contribution >= 4 is 86.0 Å². The first-order chi connectivity index (χ1) is 30.5. The quantitative estimate of drug-likeness (QED) is 0.107. The van der Waals surface area contributed by atoms with Gasteiger partial charge in [-0.2, -0.15) is 0 Å². The monoisotopic (exact) mass is 992 g/mol. The van der Waals surface area contributed by atoms with Crippen LogP contribution >= 0.6 is 37.6 Å². The Labute approximate surface area is 408 Å². The zero-order valence-corrected chi connectivity index (χ0v) is 47.7. The third kappa shape index (κ3) is 10.2.